The second-order valence-corrected chi connectivity index (χ2v) is 14.0. The van der Waals surface area contributed by atoms with Crippen molar-refractivity contribution in [3.05, 3.63) is 142 Å². The molecule has 43 heavy (non-hydrogen) atoms. The molecule has 0 aliphatic rings. The Morgan fingerprint density at radius 2 is 1.05 bits per heavy atom. The summed E-state index contributed by atoms with van der Waals surface area (Å²) in [6.07, 6.45) is 0. The molecule has 5 aromatic rings. The van der Waals surface area contributed by atoms with Crippen LogP contribution in [-0.4, -0.2) is 10.6 Å². The first-order valence-electron chi connectivity index (χ1n) is 12.3. The van der Waals surface area contributed by atoms with Gasteiger partial charge in [0.15, 0.2) is 0 Å². The fourth-order valence-electron chi connectivity index (χ4n) is 3.78. The number of carbonyl (C=O) groups excluding carboxylic acids is 1. The Hall–Kier alpha value is -2.94. The number of hydrogen-bond donors (Lipinski definition) is 0. The number of halogens is 8. The van der Waals surface area contributed by atoms with Crippen molar-refractivity contribution >= 4 is 60.3 Å². The molecule has 5 rings (SSSR count). The van der Waals surface area contributed by atoms with Gasteiger partial charge in [-0.3, -0.25) is 4.79 Å². The molecule has 224 valence electrons. The summed E-state index contributed by atoms with van der Waals surface area (Å²) >= 11 is 15.7. The summed E-state index contributed by atoms with van der Waals surface area (Å²) in [6, 6.07) is 39.8. The molecule has 1 N–H and O–H groups in total. The van der Waals surface area contributed by atoms with E-state index in [0.29, 0.717) is 5.02 Å². The van der Waals surface area contributed by atoms with Crippen LogP contribution in [0, 0.1) is 0 Å². The maximum absolute atomic E-state index is 10.9. The smallest absolute Gasteiger partial charge is 0.273 e. The van der Waals surface area contributed by atoms with Gasteiger partial charge in [0.05, 0.1) is 11.1 Å². The van der Waals surface area contributed by atoms with Gasteiger partial charge in [-0.15, -0.1) is 0 Å². The van der Waals surface area contributed by atoms with Crippen molar-refractivity contribution in [3.8, 4) is 11.1 Å². The molecule has 0 atom stereocenters. The van der Waals surface area contributed by atoms with Gasteiger partial charge in [-0.2, -0.15) is 0 Å². The van der Waals surface area contributed by atoms with Crippen molar-refractivity contribution in [2.75, 3.05) is 0 Å². The van der Waals surface area contributed by atoms with Crippen molar-refractivity contribution in [2.24, 2.45) is 0 Å². The Bertz CT molecular complexity index is 1720. The van der Waals surface area contributed by atoms with Gasteiger partial charge in [-0.05, 0) is 90.0 Å². The number of rotatable bonds is 7. The van der Waals surface area contributed by atoms with Crippen LogP contribution in [0.15, 0.2) is 141 Å². The molecular formula is C31H21Cl2F6OPS2. The van der Waals surface area contributed by atoms with E-state index < -0.39 is 7.81 Å². The summed E-state index contributed by atoms with van der Waals surface area (Å²) in [4.78, 5) is 15.2. The molecule has 0 aromatic heterocycles. The van der Waals surface area contributed by atoms with Crippen LogP contribution in [-0.2, 0) is 0 Å². The third kappa shape index (κ3) is 11.2. The van der Waals surface area contributed by atoms with E-state index in [1.54, 1.807) is 23.5 Å². The van der Waals surface area contributed by atoms with E-state index in [1.807, 2.05) is 91.0 Å². The monoisotopic (exact) mass is 688 g/mol. The summed E-state index contributed by atoms with van der Waals surface area (Å²) < 4.78 is 59.2. The maximum atomic E-state index is 10.9. The van der Waals surface area contributed by atoms with Gasteiger partial charge in [0.1, 0.15) is 0 Å². The molecule has 0 saturated heterocycles. The van der Waals surface area contributed by atoms with Gasteiger partial charge in [-0.1, -0.05) is 89.2 Å². The van der Waals surface area contributed by atoms with E-state index in [-0.39, 0.29) is 5.78 Å². The first-order valence-corrected chi connectivity index (χ1v) is 16.7. The van der Waals surface area contributed by atoms with Crippen molar-refractivity contribution in [1.29, 1.82) is 0 Å². The average Bonchev–Trinajstić information content (AvgIpc) is 2.94. The van der Waals surface area contributed by atoms with Crippen LogP contribution >= 0.6 is 54.5 Å². The molecule has 0 amide bonds. The van der Waals surface area contributed by atoms with Crippen LogP contribution in [0.1, 0.15) is 11.1 Å². The molecule has 5 aromatic carbocycles. The summed E-state index contributed by atoms with van der Waals surface area (Å²) in [5, 5.41) is 1.42. The topological polar surface area (TPSA) is 21.4 Å². The van der Waals surface area contributed by atoms with Crippen LogP contribution in [0.3, 0.4) is 0 Å². The summed E-state index contributed by atoms with van der Waals surface area (Å²) in [7, 11) is -10.7. The van der Waals surface area contributed by atoms with E-state index in [9.17, 15) is 30.0 Å². The van der Waals surface area contributed by atoms with Crippen molar-refractivity contribution in [2.45, 2.75) is 19.6 Å². The molecule has 12 heteroatoms. The molecule has 0 radical (unpaired) electrons. The standard InChI is InChI=1S/C31H20Cl2OS2.F6P/c32-23-12-17-26(18-13-23)36-30-19-14-24(33)20-28(30)21-10-15-25(16-11-21)35-29-9-5-4-8-27(29)31(34)22-6-2-1-3-7-22;1-7(2,3,4,5)6/h1-20H;/q;-1/p+1. The van der Waals surface area contributed by atoms with Crippen molar-refractivity contribution in [1.82, 2.24) is 0 Å². The molecule has 0 aliphatic carbocycles. The Morgan fingerprint density at radius 1 is 0.558 bits per heavy atom. The summed E-state index contributed by atoms with van der Waals surface area (Å²) in [5.41, 5.74) is 3.78. The minimum atomic E-state index is -10.7. The molecule has 0 heterocycles. The van der Waals surface area contributed by atoms with Gasteiger partial charge in [-0.25, -0.2) is 0 Å². The van der Waals surface area contributed by atoms with Crippen molar-refractivity contribution < 1.29 is 30.0 Å². The number of benzene rings is 5. The van der Waals surface area contributed by atoms with Crippen molar-refractivity contribution in [3.63, 3.8) is 0 Å². The minimum absolute atomic E-state index is 0.276. The minimum Gasteiger partial charge on any atom is -0.273 e. The summed E-state index contributed by atoms with van der Waals surface area (Å²) in [5.74, 6) is 0.276. The van der Waals surface area contributed by atoms with E-state index in [0.717, 1.165) is 46.9 Å². The second-order valence-electron chi connectivity index (χ2n) is 8.99. The van der Waals surface area contributed by atoms with Gasteiger partial charge in [0.2, 0.25) is 0 Å². The van der Waals surface area contributed by atoms with Crippen LogP contribution in [0.2, 0.25) is 10.0 Å². The molecule has 0 spiro atoms. The molecule has 0 bridgehead atoms. The predicted molar refractivity (Wildman–Crippen MR) is 168 cm³/mol. The SMILES string of the molecule is F[P-](F)(F)(F)(F)F.[OH+]=C(c1ccccc1)c1ccccc1Sc1ccc(-c2cc(Cl)ccc2Sc2ccc(Cl)cc2)cc1. The third-order valence-electron chi connectivity index (χ3n) is 5.57. The predicted octanol–water partition coefficient (Wildman–Crippen LogP) is 13.3. The first kappa shape index (κ1) is 33.0. The molecule has 0 aliphatic heterocycles. The van der Waals surface area contributed by atoms with E-state index in [2.05, 4.69) is 30.3 Å². The van der Waals surface area contributed by atoms with Gasteiger partial charge < -0.3 is 0 Å². The van der Waals surface area contributed by atoms with E-state index in [1.165, 1.54) is 0 Å². The normalized spacial score (nSPS) is 12.8. The quantitative estimate of drug-likeness (QED) is 0.0734. The van der Waals surface area contributed by atoms with E-state index in [4.69, 9.17) is 23.2 Å². The van der Waals surface area contributed by atoms with Crippen LogP contribution < -0.4 is 0 Å². The Kier molecular flexibility index (Phi) is 9.64. The Labute approximate surface area is 262 Å². The zero-order chi connectivity index (χ0) is 31.3. The number of hydrogen-bond acceptors (Lipinski definition) is 2. The van der Waals surface area contributed by atoms with Crippen LogP contribution in [0.4, 0.5) is 25.2 Å². The van der Waals surface area contributed by atoms with Gasteiger partial charge in [0, 0.05) is 29.6 Å². The first-order chi connectivity index (χ1) is 20.0. The zero-order valence-electron chi connectivity index (χ0n) is 21.8. The Balaban J connectivity index is 0.000000541. The molecule has 0 saturated carbocycles. The molecular weight excluding hydrogens is 668 g/mol. The zero-order valence-corrected chi connectivity index (χ0v) is 25.8. The van der Waals surface area contributed by atoms with Crippen LogP contribution in [0.5, 0.6) is 0 Å². The van der Waals surface area contributed by atoms with Gasteiger partial charge in [0.25, 0.3) is 0 Å². The fourth-order valence-corrected chi connectivity index (χ4v) is 5.97. The second kappa shape index (κ2) is 12.6. The third-order valence-corrected chi connectivity index (χ3v) is 8.22. The Morgan fingerprint density at radius 3 is 1.65 bits per heavy atom. The number of ketones is 1. The molecule has 0 fully saturated rings. The van der Waals surface area contributed by atoms with Crippen LogP contribution in [0.25, 0.3) is 11.1 Å². The van der Waals surface area contributed by atoms with E-state index >= 15 is 0 Å². The molecule has 0 unspecified atom stereocenters. The summed E-state index contributed by atoms with van der Waals surface area (Å²) in [6.45, 7) is 0. The fraction of sp³-hybridized carbons (Fsp3) is 0. The maximum Gasteiger partial charge on any atom is 0.355 e. The van der Waals surface area contributed by atoms with Gasteiger partial charge >= 0.3 is 38.8 Å². The largest absolute Gasteiger partial charge is 0.355 e. The molecule has 1 nitrogen and oxygen atoms in total. The average molecular weight is 690 g/mol.